The van der Waals surface area contributed by atoms with Gasteiger partial charge < -0.3 is 10.5 Å². The molecule has 0 radical (unpaired) electrons. The van der Waals surface area contributed by atoms with Crippen LogP contribution >= 0.6 is 15.9 Å². The first kappa shape index (κ1) is 15.5. The molecule has 21 heavy (non-hydrogen) atoms. The first-order valence-corrected chi connectivity index (χ1v) is 9.11. The molecule has 1 aromatic carbocycles. The van der Waals surface area contributed by atoms with Crippen molar-refractivity contribution in [1.82, 2.24) is 0 Å². The SMILES string of the molecule is NC(Cc1ccccc1Br)C1CCOC2(CCCCC2)C1. The minimum atomic E-state index is 0.159. The summed E-state index contributed by atoms with van der Waals surface area (Å²) in [5.41, 5.74) is 8.05. The molecule has 1 saturated heterocycles. The van der Waals surface area contributed by atoms with E-state index < -0.39 is 0 Å². The number of hydrogen-bond acceptors (Lipinski definition) is 2. The molecule has 2 aliphatic rings. The molecule has 2 fully saturated rings. The molecule has 1 spiro atoms. The van der Waals surface area contributed by atoms with Gasteiger partial charge >= 0.3 is 0 Å². The van der Waals surface area contributed by atoms with Crippen LogP contribution < -0.4 is 5.73 Å². The van der Waals surface area contributed by atoms with Gasteiger partial charge in [0.15, 0.2) is 0 Å². The van der Waals surface area contributed by atoms with E-state index in [-0.39, 0.29) is 11.6 Å². The summed E-state index contributed by atoms with van der Waals surface area (Å²) >= 11 is 3.64. The van der Waals surface area contributed by atoms with Gasteiger partial charge in [-0.25, -0.2) is 0 Å². The average molecular weight is 352 g/mol. The van der Waals surface area contributed by atoms with E-state index in [0.717, 1.165) is 19.4 Å². The molecule has 2 nitrogen and oxygen atoms in total. The lowest BCUT2D eigenvalue weighted by molar-refractivity contribution is -0.120. The molecule has 2 unspecified atom stereocenters. The molecule has 1 heterocycles. The fourth-order valence-corrected chi connectivity index (χ4v) is 4.51. The van der Waals surface area contributed by atoms with Gasteiger partial charge in [0.2, 0.25) is 0 Å². The standard InChI is InChI=1S/C18H26BrNO/c19-16-7-3-2-6-14(16)12-17(20)15-8-11-21-18(13-15)9-4-1-5-10-18/h2-3,6-7,15,17H,1,4-5,8-13,20H2. The van der Waals surface area contributed by atoms with Gasteiger partial charge in [-0.05, 0) is 49.7 Å². The number of halogens is 1. The van der Waals surface area contributed by atoms with Gasteiger partial charge in [-0.2, -0.15) is 0 Å². The molecule has 2 N–H and O–H groups in total. The highest BCUT2D eigenvalue weighted by atomic mass is 79.9. The summed E-state index contributed by atoms with van der Waals surface area (Å²) in [5.74, 6) is 0.601. The van der Waals surface area contributed by atoms with Gasteiger partial charge in [0.05, 0.1) is 5.60 Å². The molecular weight excluding hydrogens is 326 g/mol. The van der Waals surface area contributed by atoms with Gasteiger partial charge in [0, 0.05) is 17.1 Å². The second kappa shape index (κ2) is 6.80. The largest absolute Gasteiger partial charge is 0.375 e. The third kappa shape index (κ3) is 3.69. The zero-order valence-electron chi connectivity index (χ0n) is 12.7. The van der Waals surface area contributed by atoms with Crippen LogP contribution in [0.1, 0.15) is 50.5 Å². The Morgan fingerprint density at radius 2 is 2.00 bits per heavy atom. The van der Waals surface area contributed by atoms with Crippen LogP contribution in [0, 0.1) is 5.92 Å². The number of nitrogens with two attached hydrogens (primary N) is 1. The molecule has 1 aliphatic heterocycles. The van der Waals surface area contributed by atoms with Crippen molar-refractivity contribution >= 4 is 15.9 Å². The zero-order chi connectivity index (χ0) is 14.7. The maximum absolute atomic E-state index is 6.56. The maximum Gasteiger partial charge on any atom is 0.0685 e. The lowest BCUT2D eigenvalue weighted by Gasteiger charge is -2.45. The Balaban J connectivity index is 1.64. The van der Waals surface area contributed by atoms with E-state index in [1.165, 1.54) is 48.6 Å². The Kier molecular flexibility index (Phi) is 5.03. The van der Waals surface area contributed by atoms with Crippen molar-refractivity contribution in [3.63, 3.8) is 0 Å². The van der Waals surface area contributed by atoms with Crippen LogP contribution in [0.3, 0.4) is 0 Å². The van der Waals surface area contributed by atoms with Crippen molar-refractivity contribution in [2.75, 3.05) is 6.61 Å². The monoisotopic (exact) mass is 351 g/mol. The molecule has 0 amide bonds. The average Bonchev–Trinajstić information content (AvgIpc) is 2.50. The number of hydrogen-bond donors (Lipinski definition) is 1. The minimum absolute atomic E-state index is 0.159. The van der Waals surface area contributed by atoms with Gasteiger partial charge in [-0.15, -0.1) is 0 Å². The second-order valence-corrected chi connectivity index (χ2v) is 7.66. The van der Waals surface area contributed by atoms with Crippen LogP contribution in [-0.4, -0.2) is 18.2 Å². The van der Waals surface area contributed by atoms with E-state index >= 15 is 0 Å². The second-order valence-electron chi connectivity index (χ2n) is 6.80. The van der Waals surface area contributed by atoms with E-state index in [2.05, 4.69) is 40.2 Å². The van der Waals surface area contributed by atoms with Crippen molar-refractivity contribution in [2.45, 2.75) is 63.0 Å². The van der Waals surface area contributed by atoms with Crippen LogP contribution in [0.2, 0.25) is 0 Å². The Labute approximate surface area is 136 Å². The molecule has 0 aromatic heterocycles. The highest BCUT2D eigenvalue weighted by Crippen LogP contribution is 2.41. The van der Waals surface area contributed by atoms with E-state index in [9.17, 15) is 0 Å². The minimum Gasteiger partial charge on any atom is -0.375 e. The molecule has 1 aliphatic carbocycles. The number of rotatable bonds is 3. The fraction of sp³-hybridized carbons (Fsp3) is 0.667. The lowest BCUT2D eigenvalue weighted by atomic mass is 9.73. The molecule has 1 saturated carbocycles. The summed E-state index contributed by atoms with van der Waals surface area (Å²) in [4.78, 5) is 0. The van der Waals surface area contributed by atoms with Crippen LogP contribution in [0.5, 0.6) is 0 Å². The maximum atomic E-state index is 6.56. The number of benzene rings is 1. The first-order chi connectivity index (χ1) is 10.2. The Hall–Kier alpha value is -0.380. The van der Waals surface area contributed by atoms with Crippen molar-refractivity contribution < 1.29 is 4.74 Å². The third-order valence-corrected chi connectivity index (χ3v) is 6.09. The van der Waals surface area contributed by atoms with E-state index in [1.807, 2.05) is 0 Å². The van der Waals surface area contributed by atoms with Crippen molar-refractivity contribution in [1.29, 1.82) is 0 Å². The summed E-state index contributed by atoms with van der Waals surface area (Å²) in [6, 6.07) is 8.68. The van der Waals surface area contributed by atoms with E-state index in [1.54, 1.807) is 0 Å². The summed E-state index contributed by atoms with van der Waals surface area (Å²) in [5, 5.41) is 0. The Morgan fingerprint density at radius 1 is 1.24 bits per heavy atom. The quantitative estimate of drug-likeness (QED) is 0.872. The predicted octanol–water partition coefficient (Wildman–Crippen LogP) is 4.45. The lowest BCUT2D eigenvalue weighted by Crippen LogP contribution is -2.47. The predicted molar refractivity (Wildman–Crippen MR) is 90.3 cm³/mol. The van der Waals surface area contributed by atoms with Crippen LogP contribution in [-0.2, 0) is 11.2 Å². The van der Waals surface area contributed by atoms with Crippen LogP contribution in [0.25, 0.3) is 0 Å². The summed E-state index contributed by atoms with van der Waals surface area (Å²) in [7, 11) is 0. The smallest absolute Gasteiger partial charge is 0.0685 e. The van der Waals surface area contributed by atoms with E-state index in [4.69, 9.17) is 10.5 Å². The molecular formula is C18H26BrNO. The van der Waals surface area contributed by atoms with Gasteiger partial charge in [0.1, 0.15) is 0 Å². The van der Waals surface area contributed by atoms with Crippen LogP contribution in [0.4, 0.5) is 0 Å². The van der Waals surface area contributed by atoms with Gasteiger partial charge in [0.25, 0.3) is 0 Å². The molecule has 0 bridgehead atoms. The zero-order valence-corrected chi connectivity index (χ0v) is 14.3. The summed E-state index contributed by atoms with van der Waals surface area (Å²) in [6.07, 6.45) is 9.75. The fourth-order valence-electron chi connectivity index (χ4n) is 4.06. The normalized spacial score (nSPS) is 26.7. The molecule has 3 heteroatoms. The summed E-state index contributed by atoms with van der Waals surface area (Å²) < 4.78 is 7.38. The van der Waals surface area contributed by atoms with E-state index in [0.29, 0.717) is 5.92 Å². The Bertz CT molecular complexity index is 465. The highest BCUT2D eigenvalue weighted by Gasteiger charge is 2.40. The molecule has 3 rings (SSSR count). The van der Waals surface area contributed by atoms with Crippen molar-refractivity contribution in [2.24, 2.45) is 11.7 Å². The molecule has 2 atom stereocenters. The van der Waals surface area contributed by atoms with Crippen LogP contribution in [0.15, 0.2) is 28.7 Å². The third-order valence-electron chi connectivity index (χ3n) is 5.31. The van der Waals surface area contributed by atoms with Crippen molar-refractivity contribution in [3.05, 3.63) is 34.3 Å². The van der Waals surface area contributed by atoms with Crippen molar-refractivity contribution in [3.8, 4) is 0 Å². The van der Waals surface area contributed by atoms with Gasteiger partial charge in [-0.1, -0.05) is 53.4 Å². The summed E-state index contributed by atoms with van der Waals surface area (Å²) in [6.45, 7) is 0.897. The Morgan fingerprint density at radius 3 is 2.76 bits per heavy atom. The molecule has 116 valence electrons. The van der Waals surface area contributed by atoms with Gasteiger partial charge in [-0.3, -0.25) is 0 Å². The highest BCUT2D eigenvalue weighted by molar-refractivity contribution is 9.10. The first-order valence-electron chi connectivity index (χ1n) is 8.31. The number of ether oxygens (including phenoxy) is 1. The molecule has 1 aromatic rings. The topological polar surface area (TPSA) is 35.2 Å².